The molecule has 0 aliphatic heterocycles. The number of rotatable bonds is 4. The Kier molecular flexibility index (Phi) is 4.27. The second kappa shape index (κ2) is 6.36. The van der Waals surface area contributed by atoms with Crippen molar-refractivity contribution in [2.75, 3.05) is 13.6 Å². The maximum absolute atomic E-state index is 12.5. The minimum atomic E-state index is -0.781. The summed E-state index contributed by atoms with van der Waals surface area (Å²) in [6.07, 6.45) is -0.781. The first-order valence-electron chi connectivity index (χ1n) is 7.06. The molecule has 0 bridgehead atoms. The van der Waals surface area contributed by atoms with E-state index in [9.17, 15) is 14.7 Å². The smallest absolute Gasteiger partial charge is 0.349 e. The molecule has 2 aromatic heterocycles. The highest BCUT2D eigenvalue weighted by Crippen LogP contribution is 2.20. The highest BCUT2D eigenvalue weighted by atomic mass is 32.1. The number of benzene rings is 1. The zero-order valence-electron chi connectivity index (χ0n) is 12.4. The molecule has 1 atom stereocenters. The molecule has 2 heterocycles. The number of hydrogen-bond acceptors (Lipinski definition) is 5. The first-order valence-corrected chi connectivity index (χ1v) is 7.94. The maximum atomic E-state index is 12.5. The third kappa shape index (κ3) is 3.18. The summed E-state index contributed by atoms with van der Waals surface area (Å²) in [7, 11) is 1.55. The van der Waals surface area contributed by atoms with E-state index in [0.29, 0.717) is 11.0 Å². The molecule has 0 spiro atoms. The van der Waals surface area contributed by atoms with Gasteiger partial charge in [-0.25, -0.2) is 4.79 Å². The van der Waals surface area contributed by atoms with Crippen LogP contribution in [0.2, 0.25) is 0 Å². The number of aliphatic hydroxyl groups is 1. The molecule has 1 unspecified atom stereocenters. The van der Waals surface area contributed by atoms with E-state index in [1.165, 1.54) is 22.3 Å². The van der Waals surface area contributed by atoms with Crippen molar-refractivity contribution < 1.29 is 14.3 Å². The molecule has 1 amide bonds. The lowest BCUT2D eigenvalue weighted by atomic mass is 10.1. The summed E-state index contributed by atoms with van der Waals surface area (Å²) in [5.41, 5.74) is -0.272. The maximum Gasteiger partial charge on any atom is 0.349 e. The van der Waals surface area contributed by atoms with E-state index in [4.69, 9.17) is 4.42 Å². The summed E-state index contributed by atoms with van der Waals surface area (Å²) in [5.74, 6) is -0.472. The summed E-state index contributed by atoms with van der Waals surface area (Å²) in [5, 5.41) is 12.7. The second-order valence-electron chi connectivity index (χ2n) is 5.20. The molecule has 0 aliphatic rings. The predicted molar refractivity (Wildman–Crippen MR) is 88.7 cm³/mol. The first kappa shape index (κ1) is 15.5. The first-order chi connectivity index (χ1) is 11.1. The number of likely N-dealkylation sites (N-methyl/N-ethyl adjacent to an activating group) is 1. The van der Waals surface area contributed by atoms with Crippen molar-refractivity contribution in [3.63, 3.8) is 0 Å². The Balaban J connectivity index is 1.84. The van der Waals surface area contributed by atoms with Gasteiger partial charge in [0.1, 0.15) is 17.3 Å². The summed E-state index contributed by atoms with van der Waals surface area (Å²) in [4.78, 5) is 26.6. The number of thiophene rings is 1. The fraction of sp³-hybridized carbons (Fsp3) is 0.176. The summed E-state index contributed by atoms with van der Waals surface area (Å²) in [6.45, 7) is 0.103. The molecule has 0 saturated heterocycles. The van der Waals surface area contributed by atoms with Crippen molar-refractivity contribution in [2.45, 2.75) is 6.10 Å². The Morgan fingerprint density at radius 1 is 1.30 bits per heavy atom. The molecule has 0 radical (unpaired) electrons. The molecule has 0 aliphatic carbocycles. The second-order valence-corrected chi connectivity index (χ2v) is 6.18. The van der Waals surface area contributed by atoms with Crippen LogP contribution in [0.3, 0.4) is 0 Å². The van der Waals surface area contributed by atoms with Gasteiger partial charge in [-0.1, -0.05) is 24.3 Å². The van der Waals surface area contributed by atoms with Gasteiger partial charge in [0.25, 0.3) is 5.91 Å². The number of carbonyl (C=O) groups is 1. The molecule has 1 aromatic carbocycles. The van der Waals surface area contributed by atoms with Gasteiger partial charge in [-0.2, -0.15) is 0 Å². The number of para-hydroxylation sites is 1. The van der Waals surface area contributed by atoms with E-state index in [2.05, 4.69) is 0 Å². The number of aliphatic hydroxyl groups excluding tert-OH is 1. The Morgan fingerprint density at radius 2 is 2.09 bits per heavy atom. The molecule has 5 nitrogen and oxygen atoms in total. The van der Waals surface area contributed by atoms with E-state index in [0.717, 1.165) is 4.88 Å². The van der Waals surface area contributed by atoms with Crippen LogP contribution < -0.4 is 5.63 Å². The molecular formula is C17H15NO4S. The summed E-state index contributed by atoms with van der Waals surface area (Å²) < 4.78 is 5.18. The van der Waals surface area contributed by atoms with Crippen LogP contribution in [0.1, 0.15) is 21.3 Å². The van der Waals surface area contributed by atoms with Gasteiger partial charge in [0.2, 0.25) is 0 Å². The number of amides is 1. The number of nitrogens with zero attached hydrogens (tertiary/aromatic N) is 1. The minimum absolute atomic E-state index is 0.0374. The molecule has 3 aromatic rings. The molecule has 118 valence electrons. The Labute approximate surface area is 136 Å². The number of carbonyl (C=O) groups excluding carboxylic acids is 1. The van der Waals surface area contributed by atoms with Crippen molar-refractivity contribution in [1.82, 2.24) is 4.90 Å². The Morgan fingerprint density at radius 3 is 2.83 bits per heavy atom. The van der Waals surface area contributed by atoms with Gasteiger partial charge in [-0.3, -0.25) is 4.79 Å². The van der Waals surface area contributed by atoms with Crippen molar-refractivity contribution in [3.8, 4) is 0 Å². The van der Waals surface area contributed by atoms with Gasteiger partial charge >= 0.3 is 5.63 Å². The van der Waals surface area contributed by atoms with E-state index in [1.54, 1.807) is 37.4 Å². The minimum Gasteiger partial charge on any atom is -0.422 e. The largest absolute Gasteiger partial charge is 0.422 e. The standard InChI is InChI=1S/C17H15NO4S/c1-18(10-13(19)15-7-4-8-23-15)16(20)12-9-11-5-2-3-6-14(11)22-17(12)21/h2-9,13,19H,10H2,1H3. The lowest BCUT2D eigenvalue weighted by molar-refractivity contribution is 0.0682. The van der Waals surface area contributed by atoms with E-state index in [1.807, 2.05) is 11.4 Å². The van der Waals surface area contributed by atoms with Gasteiger partial charge in [0.15, 0.2) is 0 Å². The van der Waals surface area contributed by atoms with Crippen LogP contribution >= 0.6 is 11.3 Å². The van der Waals surface area contributed by atoms with Crippen molar-refractivity contribution in [2.24, 2.45) is 0 Å². The van der Waals surface area contributed by atoms with Gasteiger partial charge < -0.3 is 14.4 Å². The molecule has 23 heavy (non-hydrogen) atoms. The molecule has 0 fully saturated rings. The normalized spacial score (nSPS) is 12.3. The third-order valence-electron chi connectivity index (χ3n) is 3.54. The van der Waals surface area contributed by atoms with Crippen molar-refractivity contribution in [1.29, 1.82) is 0 Å². The number of fused-ring (bicyclic) bond motifs is 1. The van der Waals surface area contributed by atoms with Crippen molar-refractivity contribution in [3.05, 3.63) is 68.7 Å². The monoisotopic (exact) mass is 329 g/mol. The quantitative estimate of drug-likeness (QED) is 0.747. The van der Waals surface area contributed by atoms with E-state index >= 15 is 0 Å². The van der Waals surface area contributed by atoms with E-state index in [-0.39, 0.29) is 12.1 Å². The fourth-order valence-electron chi connectivity index (χ4n) is 2.33. The van der Waals surface area contributed by atoms with Crippen LogP contribution in [0.25, 0.3) is 11.0 Å². The SMILES string of the molecule is CN(CC(O)c1cccs1)C(=O)c1cc2ccccc2oc1=O. The van der Waals surface area contributed by atoms with Crippen LogP contribution in [0.5, 0.6) is 0 Å². The van der Waals surface area contributed by atoms with Crippen LogP contribution in [0.15, 0.2) is 57.1 Å². The topological polar surface area (TPSA) is 70.8 Å². The third-order valence-corrected chi connectivity index (χ3v) is 4.51. The van der Waals surface area contributed by atoms with Gasteiger partial charge in [-0.15, -0.1) is 11.3 Å². The van der Waals surface area contributed by atoms with Crippen LogP contribution in [0, 0.1) is 0 Å². The van der Waals surface area contributed by atoms with Gasteiger partial charge in [0.05, 0.1) is 6.54 Å². The lowest BCUT2D eigenvalue weighted by Gasteiger charge is -2.19. The predicted octanol–water partition coefficient (Wildman–Crippen LogP) is 2.66. The van der Waals surface area contributed by atoms with Gasteiger partial charge in [0, 0.05) is 17.3 Å². The van der Waals surface area contributed by atoms with Crippen LogP contribution in [0.4, 0.5) is 0 Å². The Bertz CT molecular complexity index is 885. The average molecular weight is 329 g/mol. The zero-order valence-corrected chi connectivity index (χ0v) is 13.2. The highest BCUT2D eigenvalue weighted by molar-refractivity contribution is 7.10. The average Bonchev–Trinajstić information content (AvgIpc) is 3.08. The Hall–Kier alpha value is -2.44. The van der Waals surface area contributed by atoms with Crippen LogP contribution in [-0.2, 0) is 0 Å². The molecule has 6 heteroatoms. The molecular weight excluding hydrogens is 314 g/mol. The molecule has 0 saturated carbocycles. The van der Waals surface area contributed by atoms with E-state index < -0.39 is 17.6 Å². The van der Waals surface area contributed by atoms with Crippen molar-refractivity contribution >= 4 is 28.2 Å². The fourth-order valence-corrected chi connectivity index (χ4v) is 3.03. The molecule has 1 N–H and O–H groups in total. The van der Waals surface area contributed by atoms with Crippen LogP contribution in [-0.4, -0.2) is 29.5 Å². The lowest BCUT2D eigenvalue weighted by Crippen LogP contribution is -2.33. The zero-order chi connectivity index (χ0) is 16.4. The summed E-state index contributed by atoms with van der Waals surface area (Å²) in [6, 6.07) is 12.2. The number of hydrogen-bond donors (Lipinski definition) is 1. The van der Waals surface area contributed by atoms with Gasteiger partial charge in [-0.05, 0) is 23.6 Å². The highest BCUT2D eigenvalue weighted by Gasteiger charge is 2.21. The summed E-state index contributed by atoms with van der Waals surface area (Å²) >= 11 is 1.42. The molecule has 3 rings (SSSR count).